The number of ether oxygens (including phenoxy) is 1. The number of hydrogen-bond acceptors (Lipinski definition) is 4. The van der Waals surface area contributed by atoms with Crippen LogP contribution in [0.25, 0.3) is 0 Å². The Bertz CT molecular complexity index is 563. The second kappa shape index (κ2) is 8.64. The van der Waals surface area contributed by atoms with Crippen molar-refractivity contribution in [2.45, 2.75) is 25.2 Å². The average Bonchev–Trinajstić information content (AvgIpc) is 2.79. The van der Waals surface area contributed by atoms with E-state index in [0.717, 1.165) is 30.7 Å². The number of amides is 1. The first-order chi connectivity index (χ1) is 11.8. The van der Waals surface area contributed by atoms with Gasteiger partial charge in [-0.2, -0.15) is 13.2 Å². The van der Waals surface area contributed by atoms with Crippen LogP contribution in [0.5, 0.6) is 0 Å². The second-order valence-electron chi connectivity index (χ2n) is 6.21. The average molecular weight is 359 g/mol. The van der Waals surface area contributed by atoms with Crippen molar-refractivity contribution < 1.29 is 22.7 Å². The highest BCUT2D eigenvalue weighted by Gasteiger charge is 2.30. The molecule has 0 radical (unpaired) electrons. The molecule has 0 aliphatic carbocycles. The number of rotatable bonds is 5. The summed E-state index contributed by atoms with van der Waals surface area (Å²) >= 11 is 0. The third kappa shape index (κ3) is 5.69. The molecule has 2 rings (SSSR count). The highest BCUT2D eigenvalue weighted by atomic mass is 19.4. The lowest BCUT2D eigenvalue weighted by Crippen LogP contribution is -2.47. The van der Waals surface area contributed by atoms with Gasteiger partial charge >= 0.3 is 6.18 Å². The van der Waals surface area contributed by atoms with Gasteiger partial charge in [0.25, 0.3) is 0 Å². The van der Waals surface area contributed by atoms with Crippen LogP contribution in [-0.2, 0) is 22.3 Å². The number of nitrogens with zero attached hydrogens (tertiary/aromatic N) is 2. The Kier molecular flexibility index (Phi) is 6.80. The van der Waals surface area contributed by atoms with Crippen molar-refractivity contribution in [3.05, 3.63) is 35.4 Å². The Hall–Kier alpha value is -1.64. The van der Waals surface area contributed by atoms with E-state index in [2.05, 4.69) is 4.90 Å². The molecule has 1 amide bonds. The minimum absolute atomic E-state index is 0.127. The monoisotopic (exact) mass is 359 g/mol. The lowest BCUT2D eigenvalue weighted by atomic mass is 10.1. The van der Waals surface area contributed by atoms with Crippen molar-refractivity contribution in [1.29, 1.82) is 0 Å². The van der Waals surface area contributed by atoms with E-state index in [4.69, 9.17) is 10.5 Å². The maximum Gasteiger partial charge on any atom is 0.416 e. The molecule has 1 aliphatic rings. The summed E-state index contributed by atoms with van der Waals surface area (Å²) in [5.41, 5.74) is 5.98. The molecule has 0 saturated carbocycles. The van der Waals surface area contributed by atoms with Gasteiger partial charge in [-0.15, -0.1) is 0 Å². The Balaban J connectivity index is 1.90. The van der Waals surface area contributed by atoms with Gasteiger partial charge in [-0.1, -0.05) is 12.1 Å². The molecule has 1 atom stereocenters. The molecular weight excluding hydrogens is 335 g/mol. The standard InChI is InChI=1S/C17H24F3N3O2/c1-25-12-15(21)16(24)23-8-2-7-22(9-10-23)11-13-3-5-14(6-4-13)17(18,19)20/h3-6,15H,2,7-12,21H2,1H3. The molecule has 2 N–H and O–H groups in total. The summed E-state index contributed by atoms with van der Waals surface area (Å²) in [5, 5.41) is 0. The molecule has 140 valence electrons. The van der Waals surface area contributed by atoms with Crippen molar-refractivity contribution >= 4 is 5.91 Å². The third-order valence-corrected chi connectivity index (χ3v) is 4.25. The number of carbonyl (C=O) groups excluding carboxylic acids is 1. The molecule has 0 spiro atoms. The van der Waals surface area contributed by atoms with Crippen molar-refractivity contribution in [2.24, 2.45) is 5.73 Å². The Morgan fingerprint density at radius 1 is 1.20 bits per heavy atom. The fourth-order valence-corrected chi connectivity index (χ4v) is 2.89. The van der Waals surface area contributed by atoms with Crippen LogP contribution in [0.2, 0.25) is 0 Å². The van der Waals surface area contributed by atoms with Gasteiger partial charge in [0, 0.05) is 39.8 Å². The number of methoxy groups -OCH3 is 1. The van der Waals surface area contributed by atoms with Crippen molar-refractivity contribution in [3.8, 4) is 0 Å². The number of carbonyl (C=O) groups is 1. The van der Waals surface area contributed by atoms with Gasteiger partial charge in [0.1, 0.15) is 6.04 Å². The molecule has 5 nitrogen and oxygen atoms in total. The van der Waals surface area contributed by atoms with Crippen LogP contribution in [0.1, 0.15) is 17.5 Å². The second-order valence-corrected chi connectivity index (χ2v) is 6.21. The molecule has 1 aromatic rings. The molecule has 8 heteroatoms. The van der Waals surface area contributed by atoms with Crippen LogP contribution in [0, 0.1) is 0 Å². The molecule has 1 aromatic carbocycles. The predicted octanol–water partition coefficient (Wildman–Crippen LogP) is 1.71. The fourth-order valence-electron chi connectivity index (χ4n) is 2.89. The summed E-state index contributed by atoms with van der Waals surface area (Å²) in [6.07, 6.45) is -3.52. The van der Waals surface area contributed by atoms with Crippen molar-refractivity contribution in [1.82, 2.24) is 9.80 Å². The quantitative estimate of drug-likeness (QED) is 0.870. The van der Waals surface area contributed by atoms with Crippen LogP contribution in [0.4, 0.5) is 13.2 Å². The highest BCUT2D eigenvalue weighted by Crippen LogP contribution is 2.29. The Morgan fingerprint density at radius 3 is 2.48 bits per heavy atom. The lowest BCUT2D eigenvalue weighted by Gasteiger charge is -2.24. The first-order valence-electron chi connectivity index (χ1n) is 8.23. The van der Waals surface area contributed by atoms with E-state index in [1.54, 1.807) is 4.90 Å². The number of benzene rings is 1. The highest BCUT2D eigenvalue weighted by molar-refractivity contribution is 5.81. The van der Waals surface area contributed by atoms with E-state index >= 15 is 0 Å². The smallest absolute Gasteiger partial charge is 0.383 e. The van der Waals surface area contributed by atoms with E-state index < -0.39 is 17.8 Å². The maximum atomic E-state index is 12.6. The molecule has 1 aliphatic heterocycles. The largest absolute Gasteiger partial charge is 0.416 e. The lowest BCUT2D eigenvalue weighted by molar-refractivity contribution is -0.137. The van der Waals surface area contributed by atoms with E-state index in [0.29, 0.717) is 26.2 Å². The van der Waals surface area contributed by atoms with Gasteiger partial charge in [-0.05, 0) is 24.1 Å². The van der Waals surface area contributed by atoms with E-state index in [-0.39, 0.29) is 12.5 Å². The molecule has 0 aromatic heterocycles. The normalized spacial score (nSPS) is 18.0. The van der Waals surface area contributed by atoms with Crippen LogP contribution in [0.15, 0.2) is 24.3 Å². The molecule has 1 fully saturated rings. The fraction of sp³-hybridized carbons (Fsp3) is 0.588. The summed E-state index contributed by atoms with van der Waals surface area (Å²) in [6.45, 7) is 3.36. The molecular formula is C17H24F3N3O2. The van der Waals surface area contributed by atoms with E-state index in [9.17, 15) is 18.0 Å². The molecule has 25 heavy (non-hydrogen) atoms. The molecule has 0 bridgehead atoms. The maximum absolute atomic E-state index is 12.6. The number of hydrogen-bond donors (Lipinski definition) is 1. The van der Waals surface area contributed by atoms with Crippen LogP contribution in [-0.4, -0.2) is 61.6 Å². The SMILES string of the molecule is COCC(N)C(=O)N1CCCN(Cc2ccc(C(F)(F)F)cc2)CC1. The van der Waals surface area contributed by atoms with Crippen molar-refractivity contribution in [2.75, 3.05) is 39.9 Å². The molecule has 1 saturated heterocycles. The van der Waals surface area contributed by atoms with Crippen molar-refractivity contribution in [3.63, 3.8) is 0 Å². The first-order valence-corrected chi connectivity index (χ1v) is 8.23. The summed E-state index contributed by atoms with van der Waals surface area (Å²) in [7, 11) is 1.50. The third-order valence-electron chi connectivity index (χ3n) is 4.25. The van der Waals surface area contributed by atoms with Crippen LogP contribution < -0.4 is 5.73 Å². The first kappa shape index (κ1) is 19.7. The molecule has 1 heterocycles. The van der Waals surface area contributed by atoms with Gasteiger partial charge < -0.3 is 15.4 Å². The summed E-state index contributed by atoms with van der Waals surface area (Å²) in [6, 6.07) is 4.56. The van der Waals surface area contributed by atoms with Gasteiger partial charge in [-0.3, -0.25) is 9.69 Å². The number of alkyl halides is 3. The van der Waals surface area contributed by atoms with Gasteiger partial charge in [0.2, 0.25) is 5.91 Å². The Morgan fingerprint density at radius 2 is 1.88 bits per heavy atom. The summed E-state index contributed by atoms with van der Waals surface area (Å²) in [5.74, 6) is -0.127. The Labute approximate surface area is 145 Å². The van der Waals surface area contributed by atoms with Crippen LogP contribution >= 0.6 is 0 Å². The minimum atomic E-state index is -4.32. The number of nitrogens with two attached hydrogens (primary N) is 1. The van der Waals surface area contributed by atoms with Gasteiger partial charge in [-0.25, -0.2) is 0 Å². The van der Waals surface area contributed by atoms with Crippen LogP contribution in [0.3, 0.4) is 0 Å². The summed E-state index contributed by atoms with van der Waals surface area (Å²) < 4.78 is 42.7. The van der Waals surface area contributed by atoms with E-state index in [1.807, 2.05) is 0 Å². The number of halogens is 3. The molecule has 1 unspecified atom stereocenters. The zero-order chi connectivity index (χ0) is 18.4. The zero-order valence-electron chi connectivity index (χ0n) is 14.3. The topological polar surface area (TPSA) is 58.8 Å². The van der Waals surface area contributed by atoms with Gasteiger partial charge in [0.15, 0.2) is 0 Å². The minimum Gasteiger partial charge on any atom is -0.383 e. The van der Waals surface area contributed by atoms with Gasteiger partial charge in [0.05, 0.1) is 12.2 Å². The van der Waals surface area contributed by atoms with E-state index in [1.165, 1.54) is 19.2 Å². The predicted molar refractivity (Wildman–Crippen MR) is 87.8 cm³/mol. The summed E-state index contributed by atoms with van der Waals surface area (Å²) in [4.78, 5) is 16.1. The zero-order valence-corrected chi connectivity index (χ0v) is 14.3.